The maximum Gasteiger partial charge on any atom is 0.0621 e. The van der Waals surface area contributed by atoms with Crippen molar-refractivity contribution in [1.82, 2.24) is 10.3 Å². The zero-order valence-electron chi connectivity index (χ0n) is 10.6. The number of hydrogen-bond donors (Lipinski definition) is 1. The molecule has 94 valence electrons. The molecular weight excluding hydrogens is 232 g/mol. The fourth-order valence-corrected chi connectivity index (χ4v) is 2.16. The molecule has 0 saturated heterocycles. The topological polar surface area (TPSA) is 24.9 Å². The largest absolute Gasteiger partial charge is 0.314 e. The first-order chi connectivity index (χ1) is 8.16. The van der Waals surface area contributed by atoms with Gasteiger partial charge in [-0.3, -0.25) is 4.98 Å². The fourth-order valence-electron chi connectivity index (χ4n) is 1.96. The standard InChI is InChI=1S/C14H21ClN2/c1-10(11(2)8-17-13-3-4-13)7-12-5-6-16-9-14(12)15/h5-6,9-11,13,17H,3-4,7-8H2,1-2H3. The molecule has 0 aromatic carbocycles. The van der Waals surface area contributed by atoms with Gasteiger partial charge in [0.25, 0.3) is 0 Å². The lowest BCUT2D eigenvalue weighted by molar-refractivity contribution is 0.364. The summed E-state index contributed by atoms with van der Waals surface area (Å²) in [5.41, 5.74) is 1.22. The van der Waals surface area contributed by atoms with Crippen LogP contribution in [0.25, 0.3) is 0 Å². The zero-order valence-corrected chi connectivity index (χ0v) is 11.4. The van der Waals surface area contributed by atoms with Crippen LogP contribution in [-0.4, -0.2) is 17.6 Å². The normalized spacial score (nSPS) is 19.0. The minimum atomic E-state index is 0.640. The van der Waals surface area contributed by atoms with Gasteiger partial charge < -0.3 is 5.32 Å². The Morgan fingerprint density at radius 2 is 2.18 bits per heavy atom. The van der Waals surface area contributed by atoms with E-state index in [4.69, 9.17) is 11.6 Å². The number of nitrogens with zero attached hydrogens (tertiary/aromatic N) is 1. The van der Waals surface area contributed by atoms with Crippen LogP contribution in [0.2, 0.25) is 5.02 Å². The Labute approximate surface area is 109 Å². The fraction of sp³-hybridized carbons (Fsp3) is 0.643. The van der Waals surface area contributed by atoms with Crippen molar-refractivity contribution < 1.29 is 0 Å². The maximum atomic E-state index is 6.13. The van der Waals surface area contributed by atoms with E-state index in [-0.39, 0.29) is 0 Å². The van der Waals surface area contributed by atoms with Crippen LogP contribution >= 0.6 is 11.6 Å². The first-order valence-electron chi connectivity index (χ1n) is 6.48. The molecule has 17 heavy (non-hydrogen) atoms. The summed E-state index contributed by atoms with van der Waals surface area (Å²) in [6.45, 7) is 5.74. The summed E-state index contributed by atoms with van der Waals surface area (Å²) in [4.78, 5) is 4.02. The monoisotopic (exact) mass is 252 g/mol. The Morgan fingerprint density at radius 3 is 2.82 bits per heavy atom. The molecule has 2 unspecified atom stereocenters. The van der Waals surface area contributed by atoms with Gasteiger partial charge >= 0.3 is 0 Å². The summed E-state index contributed by atoms with van der Waals surface area (Å²) < 4.78 is 0. The van der Waals surface area contributed by atoms with Crippen LogP contribution in [0, 0.1) is 11.8 Å². The highest BCUT2D eigenvalue weighted by atomic mass is 35.5. The lowest BCUT2D eigenvalue weighted by Gasteiger charge is -2.20. The Kier molecular flexibility index (Phi) is 4.41. The summed E-state index contributed by atoms with van der Waals surface area (Å²) >= 11 is 6.13. The van der Waals surface area contributed by atoms with E-state index >= 15 is 0 Å². The molecule has 0 bridgehead atoms. The van der Waals surface area contributed by atoms with Crippen LogP contribution in [-0.2, 0) is 6.42 Å². The molecule has 2 nitrogen and oxygen atoms in total. The third kappa shape index (κ3) is 3.97. The second-order valence-electron chi connectivity index (χ2n) is 5.31. The summed E-state index contributed by atoms with van der Waals surface area (Å²) in [6.07, 6.45) is 7.31. The van der Waals surface area contributed by atoms with Gasteiger partial charge in [-0.1, -0.05) is 25.4 Å². The Morgan fingerprint density at radius 1 is 1.41 bits per heavy atom. The molecule has 1 aromatic heterocycles. The van der Waals surface area contributed by atoms with Gasteiger partial charge in [0, 0.05) is 18.4 Å². The predicted molar refractivity (Wildman–Crippen MR) is 72.3 cm³/mol. The molecule has 1 aliphatic carbocycles. The van der Waals surface area contributed by atoms with Crippen molar-refractivity contribution in [3.63, 3.8) is 0 Å². The van der Waals surface area contributed by atoms with Gasteiger partial charge in [0.05, 0.1) is 5.02 Å². The molecule has 1 aromatic rings. The minimum Gasteiger partial charge on any atom is -0.314 e. The number of halogens is 1. The highest BCUT2D eigenvalue weighted by Gasteiger charge is 2.22. The lowest BCUT2D eigenvalue weighted by Crippen LogP contribution is -2.27. The van der Waals surface area contributed by atoms with Crippen LogP contribution in [0.4, 0.5) is 0 Å². The molecule has 2 atom stereocenters. The van der Waals surface area contributed by atoms with E-state index in [1.807, 2.05) is 12.3 Å². The maximum absolute atomic E-state index is 6.13. The van der Waals surface area contributed by atoms with Crippen LogP contribution < -0.4 is 5.32 Å². The molecule has 3 heteroatoms. The van der Waals surface area contributed by atoms with Gasteiger partial charge in [-0.05, 0) is 49.3 Å². The van der Waals surface area contributed by atoms with Crippen molar-refractivity contribution >= 4 is 11.6 Å². The molecule has 0 aliphatic heterocycles. The van der Waals surface area contributed by atoms with Gasteiger partial charge in [0.1, 0.15) is 0 Å². The first-order valence-corrected chi connectivity index (χ1v) is 6.86. The highest BCUT2D eigenvalue weighted by molar-refractivity contribution is 6.31. The van der Waals surface area contributed by atoms with Gasteiger partial charge in [0.15, 0.2) is 0 Å². The third-order valence-electron chi connectivity index (χ3n) is 3.68. The zero-order chi connectivity index (χ0) is 12.3. The SMILES string of the molecule is CC(CNC1CC1)C(C)Cc1ccncc1Cl. The van der Waals surface area contributed by atoms with Crippen molar-refractivity contribution in [2.45, 2.75) is 39.2 Å². The van der Waals surface area contributed by atoms with Crippen molar-refractivity contribution in [3.8, 4) is 0 Å². The van der Waals surface area contributed by atoms with Gasteiger partial charge in [-0.25, -0.2) is 0 Å². The van der Waals surface area contributed by atoms with Gasteiger partial charge in [-0.2, -0.15) is 0 Å². The van der Waals surface area contributed by atoms with Crippen LogP contribution in [0.3, 0.4) is 0 Å². The van der Waals surface area contributed by atoms with E-state index in [0.717, 1.165) is 24.0 Å². The first kappa shape index (κ1) is 12.8. The summed E-state index contributed by atoms with van der Waals surface area (Å²) in [7, 11) is 0. The Bertz CT molecular complexity index is 363. The molecule has 1 heterocycles. The predicted octanol–water partition coefficient (Wildman–Crippen LogP) is 3.30. The Balaban J connectivity index is 1.82. The van der Waals surface area contributed by atoms with E-state index in [1.165, 1.54) is 18.4 Å². The summed E-state index contributed by atoms with van der Waals surface area (Å²) in [5.74, 6) is 1.32. The number of hydrogen-bond acceptors (Lipinski definition) is 2. The molecule has 0 spiro atoms. The highest BCUT2D eigenvalue weighted by Crippen LogP contribution is 2.23. The summed E-state index contributed by atoms with van der Waals surface area (Å²) in [6, 6.07) is 2.83. The average Bonchev–Trinajstić information content (AvgIpc) is 3.13. The number of nitrogens with one attached hydrogen (secondary N) is 1. The second kappa shape index (κ2) is 5.83. The Hall–Kier alpha value is -0.600. The van der Waals surface area contributed by atoms with Gasteiger partial charge in [0.2, 0.25) is 0 Å². The van der Waals surface area contributed by atoms with E-state index in [9.17, 15) is 0 Å². The molecule has 0 radical (unpaired) electrons. The van der Waals surface area contributed by atoms with Crippen LogP contribution in [0.5, 0.6) is 0 Å². The smallest absolute Gasteiger partial charge is 0.0621 e. The lowest BCUT2D eigenvalue weighted by atomic mass is 9.90. The molecule has 1 saturated carbocycles. The van der Waals surface area contributed by atoms with Crippen molar-refractivity contribution in [3.05, 3.63) is 29.0 Å². The number of rotatable bonds is 6. The van der Waals surface area contributed by atoms with Crippen molar-refractivity contribution in [2.24, 2.45) is 11.8 Å². The molecule has 1 fully saturated rings. The average molecular weight is 253 g/mol. The second-order valence-corrected chi connectivity index (χ2v) is 5.72. The van der Waals surface area contributed by atoms with Crippen molar-refractivity contribution in [1.29, 1.82) is 0 Å². The number of aromatic nitrogens is 1. The van der Waals surface area contributed by atoms with E-state index in [1.54, 1.807) is 6.20 Å². The number of pyridine rings is 1. The molecule has 0 amide bonds. The van der Waals surface area contributed by atoms with E-state index in [0.29, 0.717) is 11.8 Å². The minimum absolute atomic E-state index is 0.640. The third-order valence-corrected chi connectivity index (χ3v) is 4.02. The molecule has 1 aliphatic rings. The van der Waals surface area contributed by atoms with Crippen LogP contribution in [0.1, 0.15) is 32.3 Å². The van der Waals surface area contributed by atoms with E-state index < -0.39 is 0 Å². The van der Waals surface area contributed by atoms with Gasteiger partial charge in [-0.15, -0.1) is 0 Å². The molecule has 1 N–H and O–H groups in total. The van der Waals surface area contributed by atoms with Crippen molar-refractivity contribution in [2.75, 3.05) is 6.54 Å². The van der Waals surface area contributed by atoms with E-state index in [2.05, 4.69) is 24.1 Å². The molecule has 2 rings (SSSR count). The molecular formula is C14H21ClN2. The quantitative estimate of drug-likeness (QED) is 0.840. The summed E-state index contributed by atoms with van der Waals surface area (Å²) in [5, 5.41) is 4.39. The van der Waals surface area contributed by atoms with Crippen LogP contribution in [0.15, 0.2) is 18.5 Å².